The molecule has 3 rings (SSSR count). The van der Waals surface area contributed by atoms with E-state index >= 15 is 0 Å². The summed E-state index contributed by atoms with van der Waals surface area (Å²) in [4.78, 5) is 14.9. The zero-order chi connectivity index (χ0) is 13.2. The van der Waals surface area contributed by atoms with Gasteiger partial charge in [-0.1, -0.05) is 24.3 Å². The predicted molar refractivity (Wildman–Crippen MR) is 75.0 cm³/mol. The van der Waals surface area contributed by atoms with Gasteiger partial charge in [0.15, 0.2) is 10.8 Å². The number of carboxylic acid groups (broad SMARTS) is 1. The first kappa shape index (κ1) is 12.2. The molecule has 1 aliphatic rings. The molecule has 98 valence electrons. The van der Waals surface area contributed by atoms with Crippen LogP contribution in [0.15, 0.2) is 29.6 Å². The molecule has 4 nitrogen and oxygen atoms in total. The number of nitrogens with zero attached hydrogens (tertiary/aromatic N) is 1. The van der Waals surface area contributed by atoms with Gasteiger partial charge in [-0.2, -0.15) is 0 Å². The maximum absolute atomic E-state index is 10.8. The number of carboxylic acids is 1. The molecule has 0 aliphatic heterocycles. The Morgan fingerprint density at radius 2 is 2.16 bits per heavy atom. The molecular formula is C14H14N2O2S. The summed E-state index contributed by atoms with van der Waals surface area (Å²) in [6.45, 7) is 0. The van der Waals surface area contributed by atoms with E-state index in [1.165, 1.54) is 22.5 Å². The lowest BCUT2D eigenvalue weighted by atomic mass is 9.88. The molecule has 2 aromatic rings. The molecule has 5 heteroatoms. The average molecular weight is 274 g/mol. The van der Waals surface area contributed by atoms with Crippen LogP contribution in [0.5, 0.6) is 0 Å². The Kier molecular flexibility index (Phi) is 3.21. The number of aromatic carboxylic acids is 1. The zero-order valence-electron chi connectivity index (χ0n) is 10.3. The fourth-order valence-corrected chi connectivity index (χ4v) is 3.20. The third-order valence-electron chi connectivity index (χ3n) is 3.40. The Morgan fingerprint density at radius 3 is 2.89 bits per heavy atom. The Labute approximate surface area is 115 Å². The lowest BCUT2D eigenvalue weighted by molar-refractivity contribution is 0.0691. The van der Waals surface area contributed by atoms with Crippen LogP contribution in [0, 0.1) is 0 Å². The van der Waals surface area contributed by atoms with Crippen LogP contribution < -0.4 is 5.32 Å². The standard InChI is InChI=1S/C14H14N2O2S/c17-13(18)12-8-19-14(16-12)15-11-6-5-9-3-1-2-4-10(9)7-11/h1-4,8,11H,5-7H2,(H,15,16)(H,17,18). The highest BCUT2D eigenvalue weighted by atomic mass is 32.1. The van der Waals surface area contributed by atoms with Crippen molar-refractivity contribution in [1.29, 1.82) is 0 Å². The summed E-state index contributed by atoms with van der Waals surface area (Å²) in [6.07, 6.45) is 3.09. The molecule has 2 N–H and O–H groups in total. The van der Waals surface area contributed by atoms with Gasteiger partial charge in [0.25, 0.3) is 0 Å². The average Bonchev–Trinajstić information content (AvgIpc) is 2.87. The van der Waals surface area contributed by atoms with Gasteiger partial charge in [-0.15, -0.1) is 11.3 Å². The Hall–Kier alpha value is -1.88. The maximum atomic E-state index is 10.8. The zero-order valence-corrected chi connectivity index (χ0v) is 11.1. The van der Waals surface area contributed by atoms with Crippen LogP contribution in [-0.2, 0) is 12.8 Å². The molecule has 1 unspecified atom stereocenters. The summed E-state index contributed by atoms with van der Waals surface area (Å²) in [5, 5.41) is 14.5. The highest BCUT2D eigenvalue weighted by Crippen LogP contribution is 2.25. The van der Waals surface area contributed by atoms with Crippen molar-refractivity contribution in [3.8, 4) is 0 Å². The first-order chi connectivity index (χ1) is 9.22. The minimum atomic E-state index is -0.974. The Bertz CT molecular complexity index is 609. The molecule has 0 radical (unpaired) electrons. The van der Waals surface area contributed by atoms with Crippen LogP contribution in [0.25, 0.3) is 0 Å². The minimum absolute atomic E-state index is 0.115. The molecule has 1 aromatic heterocycles. The summed E-state index contributed by atoms with van der Waals surface area (Å²) < 4.78 is 0. The van der Waals surface area contributed by atoms with Crippen molar-refractivity contribution in [2.75, 3.05) is 5.32 Å². The van der Waals surface area contributed by atoms with Gasteiger partial charge in [-0.25, -0.2) is 9.78 Å². The van der Waals surface area contributed by atoms with Gasteiger partial charge in [0.05, 0.1) is 0 Å². The van der Waals surface area contributed by atoms with Crippen molar-refractivity contribution >= 4 is 22.4 Å². The number of benzene rings is 1. The summed E-state index contributed by atoms with van der Waals surface area (Å²) in [5.41, 5.74) is 2.91. The van der Waals surface area contributed by atoms with Gasteiger partial charge < -0.3 is 10.4 Å². The molecule has 0 fully saturated rings. The fourth-order valence-electron chi connectivity index (χ4n) is 2.43. The first-order valence-electron chi connectivity index (χ1n) is 6.24. The SMILES string of the molecule is O=C(O)c1csc(NC2CCc3ccccc3C2)n1. The van der Waals surface area contributed by atoms with E-state index in [0.717, 1.165) is 19.3 Å². The van der Waals surface area contributed by atoms with Gasteiger partial charge in [0.1, 0.15) is 0 Å². The second-order valence-electron chi connectivity index (χ2n) is 4.70. The topological polar surface area (TPSA) is 62.2 Å². The molecule has 0 saturated carbocycles. The van der Waals surface area contributed by atoms with E-state index in [1.54, 1.807) is 5.38 Å². The highest BCUT2D eigenvalue weighted by molar-refractivity contribution is 7.13. The van der Waals surface area contributed by atoms with Crippen molar-refractivity contribution in [3.63, 3.8) is 0 Å². The predicted octanol–water partition coefficient (Wildman–Crippen LogP) is 2.81. The van der Waals surface area contributed by atoms with Crippen LogP contribution in [0.4, 0.5) is 5.13 Å². The lowest BCUT2D eigenvalue weighted by Crippen LogP contribution is -2.27. The monoisotopic (exact) mass is 274 g/mol. The van der Waals surface area contributed by atoms with Crippen LogP contribution in [-0.4, -0.2) is 22.1 Å². The minimum Gasteiger partial charge on any atom is -0.476 e. The lowest BCUT2D eigenvalue weighted by Gasteiger charge is -2.25. The third-order valence-corrected chi connectivity index (χ3v) is 4.17. The van der Waals surface area contributed by atoms with Crippen molar-refractivity contribution < 1.29 is 9.90 Å². The number of anilines is 1. The van der Waals surface area contributed by atoms with Crippen molar-refractivity contribution in [3.05, 3.63) is 46.5 Å². The van der Waals surface area contributed by atoms with E-state index < -0.39 is 5.97 Å². The third kappa shape index (κ3) is 2.61. The van der Waals surface area contributed by atoms with Crippen molar-refractivity contribution in [1.82, 2.24) is 4.98 Å². The molecule has 0 saturated heterocycles. The second-order valence-corrected chi connectivity index (χ2v) is 5.55. The van der Waals surface area contributed by atoms with Gasteiger partial charge >= 0.3 is 5.97 Å². The van der Waals surface area contributed by atoms with E-state index in [2.05, 4.69) is 34.6 Å². The van der Waals surface area contributed by atoms with Gasteiger partial charge in [-0.05, 0) is 30.4 Å². The number of thiazole rings is 1. The van der Waals surface area contributed by atoms with E-state index in [9.17, 15) is 4.79 Å². The number of fused-ring (bicyclic) bond motifs is 1. The molecule has 1 aliphatic carbocycles. The summed E-state index contributed by atoms with van der Waals surface area (Å²) >= 11 is 1.35. The second kappa shape index (κ2) is 5.01. The summed E-state index contributed by atoms with van der Waals surface area (Å²) in [6, 6.07) is 8.81. The number of carbonyl (C=O) groups is 1. The van der Waals surface area contributed by atoms with Gasteiger partial charge in [-0.3, -0.25) is 0 Å². The quantitative estimate of drug-likeness (QED) is 0.903. The van der Waals surface area contributed by atoms with Crippen LogP contribution in [0.1, 0.15) is 28.0 Å². The normalized spacial score (nSPS) is 17.8. The smallest absolute Gasteiger partial charge is 0.355 e. The number of rotatable bonds is 3. The number of hydrogen-bond acceptors (Lipinski definition) is 4. The van der Waals surface area contributed by atoms with Gasteiger partial charge in [0, 0.05) is 11.4 Å². The molecule has 0 spiro atoms. The Balaban J connectivity index is 1.70. The molecule has 0 bridgehead atoms. The fraction of sp³-hybridized carbons (Fsp3) is 0.286. The van der Waals surface area contributed by atoms with Crippen molar-refractivity contribution in [2.24, 2.45) is 0 Å². The van der Waals surface area contributed by atoms with Gasteiger partial charge in [0.2, 0.25) is 0 Å². The molecule has 0 amide bonds. The van der Waals surface area contributed by atoms with Crippen LogP contribution in [0.3, 0.4) is 0 Å². The van der Waals surface area contributed by atoms with E-state index in [1.807, 2.05) is 0 Å². The number of aromatic nitrogens is 1. The van der Waals surface area contributed by atoms with E-state index in [0.29, 0.717) is 11.2 Å². The molecule has 19 heavy (non-hydrogen) atoms. The maximum Gasteiger partial charge on any atom is 0.355 e. The van der Waals surface area contributed by atoms with Crippen molar-refractivity contribution in [2.45, 2.75) is 25.3 Å². The molecular weight excluding hydrogens is 260 g/mol. The van der Waals surface area contributed by atoms with Crippen LogP contribution in [0.2, 0.25) is 0 Å². The largest absolute Gasteiger partial charge is 0.476 e. The molecule has 1 aromatic carbocycles. The Morgan fingerprint density at radius 1 is 1.37 bits per heavy atom. The number of nitrogens with one attached hydrogen (secondary N) is 1. The number of hydrogen-bond donors (Lipinski definition) is 2. The highest BCUT2D eigenvalue weighted by Gasteiger charge is 2.19. The summed E-state index contributed by atoms with van der Waals surface area (Å²) in [7, 11) is 0. The molecule has 1 atom stereocenters. The summed E-state index contributed by atoms with van der Waals surface area (Å²) in [5.74, 6) is -0.974. The first-order valence-corrected chi connectivity index (χ1v) is 7.12. The van der Waals surface area contributed by atoms with E-state index in [-0.39, 0.29) is 5.69 Å². The van der Waals surface area contributed by atoms with E-state index in [4.69, 9.17) is 5.11 Å². The van der Waals surface area contributed by atoms with Crippen LogP contribution >= 0.6 is 11.3 Å². The molecule has 1 heterocycles. The number of aryl methyl sites for hydroxylation is 1.